The Hall–Kier alpha value is -3.99. The molecule has 2 saturated heterocycles. The number of carboxylic acid groups (broad SMARTS) is 1. The van der Waals surface area contributed by atoms with Gasteiger partial charge in [-0.25, -0.2) is 13.2 Å². The van der Waals surface area contributed by atoms with E-state index in [1.54, 1.807) is 41.9 Å². The van der Waals surface area contributed by atoms with Gasteiger partial charge in [0.05, 0.1) is 30.6 Å². The number of ether oxygens (including phenoxy) is 1. The molecule has 8 rings (SSSR count). The third-order valence-corrected chi connectivity index (χ3v) is 12.8. The summed E-state index contributed by atoms with van der Waals surface area (Å²) in [4.78, 5) is 19.4. The number of likely N-dealkylation sites (N-methyl/N-ethyl adjacent to an activating group) is 1. The minimum absolute atomic E-state index is 0.0580. The lowest BCUT2D eigenvalue weighted by molar-refractivity contribution is 0.0697. The smallest absolute Gasteiger partial charge is 0.335 e. The van der Waals surface area contributed by atoms with Gasteiger partial charge in [0.25, 0.3) is 0 Å². The number of piperazine rings is 1. The Morgan fingerprint density at radius 2 is 1.74 bits per heavy atom. The molecule has 0 amide bonds. The van der Waals surface area contributed by atoms with E-state index in [-0.39, 0.29) is 22.5 Å². The van der Waals surface area contributed by atoms with Crippen molar-refractivity contribution in [2.45, 2.75) is 74.4 Å². The van der Waals surface area contributed by atoms with Crippen LogP contribution in [0.1, 0.15) is 78.0 Å². The number of hydrogen-bond acceptors (Lipinski definition) is 6. The number of carboxylic acids is 1. The fourth-order valence-electron chi connectivity index (χ4n) is 8.74. The lowest BCUT2D eigenvalue weighted by atomic mass is 9.81. The summed E-state index contributed by atoms with van der Waals surface area (Å²) in [5, 5.41) is 11.1. The number of fused-ring (bicyclic) bond motifs is 7. The van der Waals surface area contributed by atoms with Crippen molar-refractivity contribution in [3.8, 4) is 17.0 Å². The van der Waals surface area contributed by atoms with Crippen molar-refractivity contribution < 1.29 is 23.1 Å². The van der Waals surface area contributed by atoms with E-state index in [2.05, 4.69) is 28.7 Å². The van der Waals surface area contributed by atoms with E-state index in [1.807, 2.05) is 18.2 Å². The van der Waals surface area contributed by atoms with Crippen molar-refractivity contribution in [3.05, 3.63) is 77.1 Å². The molecule has 0 radical (unpaired) electrons. The van der Waals surface area contributed by atoms with Crippen molar-refractivity contribution in [1.29, 1.82) is 0 Å². The molecule has 0 spiro atoms. The summed E-state index contributed by atoms with van der Waals surface area (Å²) < 4.78 is 38.8. The summed E-state index contributed by atoms with van der Waals surface area (Å²) in [6.45, 7) is 1.78. The van der Waals surface area contributed by atoms with Crippen molar-refractivity contribution in [3.63, 3.8) is 0 Å². The van der Waals surface area contributed by atoms with Crippen molar-refractivity contribution in [2.75, 3.05) is 27.2 Å². The summed E-state index contributed by atoms with van der Waals surface area (Å²) >= 11 is 0. The van der Waals surface area contributed by atoms with Crippen LogP contribution in [0.5, 0.6) is 5.75 Å². The van der Waals surface area contributed by atoms with E-state index in [4.69, 9.17) is 9.72 Å². The van der Waals surface area contributed by atoms with E-state index >= 15 is 0 Å². The number of aromatic nitrogens is 2. The van der Waals surface area contributed by atoms with Gasteiger partial charge in [0.15, 0.2) is 0 Å². The first-order chi connectivity index (χ1) is 22.7. The summed E-state index contributed by atoms with van der Waals surface area (Å²) in [6, 6.07) is 14.8. The molecule has 5 heterocycles. The zero-order chi connectivity index (χ0) is 32.4. The van der Waals surface area contributed by atoms with Gasteiger partial charge in [-0.05, 0) is 104 Å². The molecule has 47 heavy (non-hydrogen) atoms. The number of carbonyl (C=O) groups is 1. The van der Waals surface area contributed by atoms with Crippen LogP contribution in [0.3, 0.4) is 0 Å². The molecule has 10 heteroatoms. The van der Waals surface area contributed by atoms with Gasteiger partial charge in [0, 0.05) is 47.8 Å². The molecule has 1 saturated carbocycles. The van der Waals surface area contributed by atoms with E-state index < -0.39 is 16.0 Å². The quantitative estimate of drug-likeness (QED) is 0.254. The number of pyridine rings is 1. The van der Waals surface area contributed by atoms with Gasteiger partial charge in [-0.1, -0.05) is 25.3 Å². The van der Waals surface area contributed by atoms with Crippen LogP contribution in [0, 0.1) is 0 Å². The Morgan fingerprint density at radius 1 is 0.979 bits per heavy atom. The number of hydrogen-bond donors (Lipinski definition) is 1. The Bertz CT molecular complexity index is 2030. The second kappa shape index (κ2) is 11.6. The standard InChI is InChI=1S/C37H40N4O5S/c1-39-21-27-11-12-28(22-39)41(27)47(44,45)33-9-6-16-38-35(33)26-17-25-18-29(46-2)13-15-30(25)36-34(23-7-4-3-5-8-23)31-14-10-24(37(42)43)19-32(31)40(36)20-26/h6,9-10,13-19,23,27-28H,3-5,7-8,11-12,20-22H2,1-2H3,(H,42,43). The van der Waals surface area contributed by atoms with Gasteiger partial charge in [-0.2, -0.15) is 4.31 Å². The number of nitrogens with zero attached hydrogens (tertiary/aromatic N) is 4. The molecule has 2 unspecified atom stereocenters. The average molecular weight is 653 g/mol. The molecule has 2 atom stereocenters. The molecule has 3 fully saturated rings. The van der Waals surface area contributed by atoms with Crippen LogP contribution in [0.15, 0.2) is 59.6 Å². The maximum absolute atomic E-state index is 14.6. The number of benzene rings is 2. The summed E-state index contributed by atoms with van der Waals surface area (Å²) in [7, 11) is -0.155. The van der Waals surface area contributed by atoms with Crippen LogP contribution < -0.4 is 4.74 Å². The topological polar surface area (TPSA) is 105 Å². The Kier molecular flexibility index (Phi) is 7.50. The number of methoxy groups -OCH3 is 1. The van der Waals surface area contributed by atoms with E-state index in [9.17, 15) is 18.3 Å². The predicted molar refractivity (Wildman–Crippen MR) is 182 cm³/mol. The minimum atomic E-state index is -3.86. The van der Waals surface area contributed by atoms with Crippen molar-refractivity contribution in [1.82, 2.24) is 18.8 Å². The first kappa shape index (κ1) is 30.4. The Morgan fingerprint density at radius 3 is 2.47 bits per heavy atom. The lowest BCUT2D eigenvalue weighted by Gasteiger charge is -2.38. The van der Waals surface area contributed by atoms with Crippen LogP contribution in [-0.4, -0.2) is 77.6 Å². The SMILES string of the molecule is COc1ccc2c(c1)C=C(c1ncccc1S(=O)(=O)N1C3CCC1CN(C)C3)Cn1c-2c(C2CCCCC2)c2ccc(C(=O)O)cc21. The Balaban J connectivity index is 1.36. The monoisotopic (exact) mass is 652 g/mol. The van der Waals surface area contributed by atoms with Crippen LogP contribution in [0.2, 0.25) is 0 Å². The van der Waals surface area contributed by atoms with E-state index in [0.29, 0.717) is 23.9 Å². The number of rotatable bonds is 6. The van der Waals surface area contributed by atoms with Crippen molar-refractivity contribution in [2.24, 2.45) is 0 Å². The molecule has 2 aromatic carbocycles. The molecule has 2 aromatic heterocycles. The number of likely N-dealkylation sites (tertiary alicyclic amines) is 1. The number of sulfonamides is 1. The molecule has 2 bridgehead atoms. The van der Waals surface area contributed by atoms with E-state index in [0.717, 1.165) is 84.9 Å². The highest BCUT2D eigenvalue weighted by molar-refractivity contribution is 7.89. The molecule has 4 aromatic rings. The molecule has 4 aliphatic rings. The van der Waals surface area contributed by atoms with Crippen LogP contribution in [-0.2, 0) is 16.6 Å². The highest BCUT2D eigenvalue weighted by Gasteiger charge is 2.47. The molecular weight excluding hydrogens is 612 g/mol. The van der Waals surface area contributed by atoms with Crippen LogP contribution in [0.25, 0.3) is 33.8 Å². The normalized spacial score (nSPS) is 22.0. The molecule has 1 aliphatic carbocycles. The third kappa shape index (κ3) is 5.00. The molecule has 3 aliphatic heterocycles. The minimum Gasteiger partial charge on any atom is -0.497 e. The molecule has 1 N–H and O–H groups in total. The first-order valence-corrected chi connectivity index (χ1v) is 18.1. The average Bonchev–Trinajstić information content (AvgIpc) is 3.49. The second-order valence-corrected chi connectivity index (χ2v) is 15.4. The Labute approximate surface area is 275 Å². The largest absolute Gasteiger partial charge is 0.497 e. The van der Waals surface area contributed by atoms with Crippen molar-refractivity contribution >= 4 is 38.5 Å². The lowest BCUT2D eigenvalue weighted by Crippen LogP contribution is -2.54. The highest BCUT2D eigenvalue weighted by Crippen LogP contribution is 2.48. The first-order valence-electron chi connectivity index (χ1n) is 16.7. The predicted octanol–water partition coefficient (Wildman–Crippen LogP) is 6.48. The maximum Gasteiger partial charge on any atom is 0.335 e. The van der Waals surface area contributed by atoms with Gasteiger partial charge in [-0.15, -0.1) is 0 Å². The van der Waals surface area contributed by atoms with E-state index in [1.165, 1.54) is 12.0 Å². The molecule has 244 valence electrons. The van der Waals surface area contributed by atoms with Crippen LogP contribution in [0.4, 0.5) is 0 Å². The second-order valence-electron chi connectivity index (χ2n) is 13.6. The molecular formula is C37H40N4O5S. The molecule has 9 nitrogen and oxygen atoms in total. The summed E-state index contributed by atoms with van der Waals surface area (Å²) in [5.74, 6) is 0.0726. The summed E-state index contributed by atoms with van der Waals surface area (Å²) in [5.41, 5.74) is 6.51. The van der Waals surface area contributed by atoms with Gasteiger partial charge in [0.1, 0.15) is 10.6 Å². The van der Waals surface area contributed by atoms with Gasteiger partial charge in [0.2, 0.25) is 10.0 Å². The maximum atomic E-state index is 14.6. The third-order valence-electron chi connectivity index (χ3n) is 10.8. The highest BCUT2D eigenvalue weighted by atomic mass is 32.2. The fraction of sp³-hybridized carbons (Fsp3) is 0.405. The van der Waals surface area contributed by atoms with Crippen LogP contribution >= 0.6 is 0 Å². The van der Waals surface area contributed by atoms with Gasteiger partial charge < -0.3 is 19.3 Å². The summed E-state index contributed by atoms with van der Waals surface area (Å²) in [6.07, 6.45) is 11.1. The van der Waals surface area contributed by atoms with Gasteiger partial charge >= 0.3 is 5.97 Å². The zero-order valence-electron chi connectivity index (χ0n) is 26.9. The fourth-order valence-corrected chi connectivity index (χ4v) is 10.8. The van der Waals surface area contributed by atoms with Gasteiger partial charge in [-0.3, -0.25) is 4.98 Å². The number of aromatic carboxylic acids is 1. The zero-order valence-corrected chi connectivity index (χ0v) is 27.7. The number of allylic oxidation sites excluding steroid dienone is 1.